The van der Waals surface area contributed by atoms with Gasteiger partial charge in [0.1, 0.15) is 5.75 Å². The van der Waals surface area contributed by atoms with Crippen molar-refractivity contribution in [2.75, 3.05) is 33.3 Å². The molecule has 7 heteroatoms. The first-order valence-electron chi connectivity index (χ1n) is 9.28. The standard InChI is InChI=1S/C21H22N4O3/c1-28-19-5-3-2-4-16(19)21(27)25-10-8-24(9-11-25)20(26)13-15-6-7-17-18(12-15)23-14-22-17/h2-7,12,14H,8-11,13H2,1H3,(H,22,23). The van der Waals surface area contributed by atoms with Crippen molar-refractivity contribution in [2.24, 2.45) is 0 Å². The maximum absolute atomic E-state index is 12.8. The van der Waals surface area contributed by atoms with Crippen molar-refractivity contribution in [3.63, 3.8) is 0 Å². The summed E-state index contributed by atoms with van der Waals surface area (Å²) >= 11 is 0. The molecule has 144 valence electrons. The van der Waals surface area contributed by atoms with E-state index in [9.17, 15) is 9.59 Å². The van der Waals surface area contributed by atoms with Crippen LogP contribution in [-0.2, 0) is 11.2 Å². The summed E-state index contributed by atoms with van der Waals surface area (Å²) in [7, 11) is 1.56. The third-order valence-electron chi connectivity index (χ3n) is 5.10. The third kappa shape index (κ3) is 3.55. The zero-order valence-corrected chi connectivity index (χ0v) is 15.7. The zero-order chi connectivity index (χ0) is 19.5. The molecule has 0 atom stereocenters. The second kappa shape index (κ2) is 7.72. The molecular formula is C21H22N4O3. The number of nitrogens with one attached hydrogen (secondary N) is 1. The van der Waals surface area contributed by atoms with Gasteiger partial charge in [-0.1, -0.05) is 18.2 Å². The smallest absolute Gasteiger partial charge is 0.257 e. The van der Waals surface area contributed by atoms with Crippen LogP contribution in [0.2, 0.25) is 0 Å². The second-order valence-corrected chi connectivity index (χ2v) is 6.80. The highest BCUT2D eigenvalue weighted by molar-refractivity contribution is 5.97. The third-order valence-corrected chi connectivity index (χ3v) is 5.10. The second-order valence-electron chi connectivity index (χ2n) is 6.80. The fraction of sp³-hybridized carbons (Fsp3) is 0.286. The van der Waals surface area contributed by atoms with Crippen molar-refractivity contribution in [3.8, 4) is 5.75 Å². The molecular weight excluding hydrogens is 356 g/mol. The molecule has 1 aliphatic rings. The number of carbonyl (C=O) groups excluding carboxylic acids is 2. The van der Waals surface area contributed by atoms with Gasteiger partial charge in [0, 0.05) is 26.2 Å². The normalized spacial score (nSPS) is 14.3. The van der Waals surface area contributed by atoms with E-state index in [0.717, 1.165) is 16.6 Å². The lowest BCUT2D eigenvalue weighted by molar-refractivity contribution is -0.131. The Hall–Kier alpha value is -3.35. The van der Waals surface area contributed by atoms with Crippen molar-refractivity contribution in [3.05, 3.63) is 59.9 Å². The number of ether oxygens (including phenoxy) is 1. The van der Waals surface area contributed by atoms with Crippen molar-refractivity contribution >= 4 is 22.8 Å². The Labute approximate surface area is 162 Å². The molecule has 0 spiro atoms. The molecule has 0 unspecified atom stereocenters. The molecule has 1 N–H and O–H groups in total. The Balaban J connectivity index is 1.36. The summed E-state index contributed by atoms with van der Waals surface area (Å²) in [6.07, 6.45) is 1.99. The number of para-hydroxylation sites is 1. The van der Waals surface area contributed by atoms with Gasteiger partial charge in [0.25, 0.3) is 5.91 Å². The van der Waals surface area contributed by atoms with E-state index in [1.165, 1.54) is 0 Å². The molecule has 2 aromatic carbocycles. The van der Waals surface area contributed by atoms with Crippen molar-refractivity contribution in [1.29, 1.82) is 0 Å². The van der Waals surface area contributed by atoms with Crippen LogP contribution in [0.1, 0.15) is 15.9 Å². The first-order chi connectivity index (χ1) is 13.7. The van der Waals surface area contributed by atoms with Crippen LogP contribution in [0.4, 0.5) is 0 Å². The topological polar surface area (TPSA) is 78.5 Å². The van der Waals surface area contributed by atoms with Crippen LogP contribution >= 0.6 is 0 Å². The predicted octanol–water partition coefficient (Wildman–Crippen LogP) is 2.10. The van der Waals surface area contributed by atoms with Gasteiger partial charge in [-0.15, -0.1) is 0 Å². The zero-order valence-electron chi connectivity index (χ0n) is 15.7. The molecule has 7 nitrogen and oxygen atoms in total. The van der Waals surface area contributed by atoms with Crippen LogP contribution < -0.4 is 4.74 Å². The summed E-state index contributed by atoms with van der Waals surface area (Å²) < 4.78 is 5.29. The molecule has 0 radical (unpaired) electrons. The summed E-state index contributed by atoms with van der Waals surface area (Å²) in [5.41, 5.74) is 3.32. The molecule has 1 saturated heterocycles. The fourth-order valence-electron chi connectivity index (χ4n) is 3.53. The van der Waals surface area contributed by atoms with Crippen molar-refractivity contribution in [2.45, 2.75) is 6.42 Å². The van der Waals surface area contributed by atoms with E-state index in [-0.39, 0.29) is 11.8 Å². The van der Waals surface area contributed by atoms with Crippen molar-refractivity contribution < 1.29 is 14.3 Å². The highest BCUT2D eigenvalue weighted by Crippen LogP contribution is 2.20. The SMILES string of the molecule is COc1ccccc1C(=O)N1CCN(C(=O)Cc2ccc3nc[nH]c3c2)CC1. The molecule has 2 heterocycles. The average molecular weight is 378 g/mol. The lowest BCUT2D eigenvalue weighted by atomic mass is 10.1. The lowest BCUT2D eigenvalue weighted by Gasteiger charge is -2.35. The Morgan fingerprint density at radius 2 is 1.82 bits per heavy atom. The molecule has 3 aromatic rings. The van der Waals surface area contributed by atoms with Gasteiger partial charge >= 0.3 is 0 Å². The van der Waals surface area contributed by atoms with E-state index < -0.39 is 0 Å². The maximum atomic E-state index is 12.8. The minimum atomic E-state index is -0.0609. The number of rotatable bonds is 4. The predicted molar refractivity (Wildman–Crippen MR) is 105 cm³/mol. The van der Waals surface area contributed by atoms with Crippen LogP contribution in [0.3, 0.4) is 0 Å². The van der Waals surface area contributed by atoms with Gasteiger partial charge in [-0.05, 0) is 29.8 Å². The Morgan fingerprint density at radius 3 is 2.61 bits per heavy atom. The van der Waals surface area contributed by atoms with Gasteiger partial charge in [0.15, 0.2) is 0 Å². The molecule has 1 aliphatic heterocycles. The number of imidazole rings is 1. The number of aromatic nitrogens is 2. The summed E-state index contributed by atoms with van der Waals surface area (Å²) in [5, 5.41) is 0. The Kier molecular flexibility index (Phi) is 4.97. The fourth-order valence-corrected chi connectivity index (χ4v) is 3.53. The molecule has 2 amide bonds. The van der Waals surface area contributed by atoms with Gasteiger partial charge < -0.3 is 19.5 Å². The number of hydrogen-bond acceptors (Lipinski definition) is 4. The average Bonchev–Trinajstić information content (AvgIpc) is 3.21. The van der Waals surface area contributed by atoms with Gasteiger partial charge in [0.2, 0.25) is 5.91 Å². The molecule has 0 saturated carbocycles. The van der Waals surface area contributed by atoms with Gasteiger partial charge in [-0.2, -0.15) is 0 Å². The number of hydrogen-bond donors (Lipinski definition) is 1. The van der Waals surface area contributed by atoms with Crippen LogP contribution in [0.5, 0.6) is 5.75 Å². The largest absolute Gasteiger partial charge is 0.496 e. The number of piperazine rings is 1. The maximum Gasteiger partial charge on any atom is 0.257 e. The number of carbonyl (C=O) groups is 2. The quantitative estimate of drug-likeness (QED) is 0.754. The number of fused-ring (bicyclic) bond motifs is 1. The molecule has 1 fully saturated rings. The number of methoxy groups -OCH3 is 1. The van der Waals surface area contributed by atoms with Crippen LogP contribution in [0.15, 0.2) is 48.8 Å². The van der Waals surface area contributed by atoms with E-state index in [2.05, 4.69) is 9.97 Å². The number of aromatic amines is 1. The summed E-state index contributed by atoms with van der Waals surface area (Å²) in [6.45, 7) is 2.10. The Morgan fingerprint density at radius 1 is 1.07 bits per heavy atom. The van der Waals surface area contributed by atoms with E-state index in [1.54, 1.807) is 30.5 Å². The molecule has 1 aromatic heterocycles. The molecule has 28 heavy (non-hydrogen) atoms. The number of nitrogens with zero attached hydrogens (tertiary/aromatic N) is 3. The molecule has 4 rings (SSSR count). The van der Waals surface area contributed by atoms with Crippen LogP contribution in [-0.4, -0.2) is 64.9 Å². The van der Waals surface area contributed by atoms with E-state index in [1.807, 2.05) is 35.2 Å². The monoisotopic (exact) mass is 378 g/mol. The summed E-state index contributed by atoms with van der Waals surface area (Å²) in [6, 6.07) is 13.0. The summed E-state index contributed by atoms with van der Waals surface area (Å²) in [4.78, 5) is 36.3. The van der Waals surface area contributed by atoms with E-state index in [4.69, 9.17) is 4.74 Å². The van der Waals surface area contributed by atoms with Gasteiger partial charge in [-0.25, -0.2) is 4.98 Å². The first kappa shape index (κ1) is 18.0. The highest BCUT2D eigenvalue weighted by atomic mass is 16.5. The first-order valence-corrected chi connectivity index (χ1v) is 9.28. The number of H-pyrrole nitrogens is 1. The number of amides is 2. The minimum Gasteiger partial charge on any atom is -0.496 e. The lowest BCUT2D eigenvalue weighted by Crippen LogP contribution is -2.51. The minimum absolute atomic E-state index is 0.0609. The Bertz CT molecular complexity index is 1010. The molecule has 0 bridgehead atoms. The van der Waals surface area contributed by atoms with Gasteiger partial charge in [0.05, 0.1) is 36.5 Å². The van der Waals surface area contributed by atoms with Crippen molar-refractivity contribution in [1.82, 2.24) is 19.8 Å². The summed E-state index contributed by atoms with van der Waals surface area (Å²) in [5.74, 6) is 0.581. The van der Waals surface area contributed by atoms with Crippen LogP contribution in [0, 0.1) is 0 Å². The van der Waals surface area contributed by atoms with Crippen LogP contribution in [0.25, 0.3) is 11.0 Å². The van der Waals surface area contributed by atoms with Gasteiger partial charge in [-0.3, -0.25) is 9.59 Å². The van der Waals surface area contributed by atoms with E-state index in [0.29, 0.717) is 43.9 Å². The molecule has 0 aliphatic carbocycles. The van der Waals surface area contributed by atoms with E-state index >= 15 is 0 Å². The number of benzene rings is 2. The highest BCUT2D eigenvalue weighted by Gasteiger charge is 2.26.